The van der Waals surface area contributed by atoms with Crippen LogP contribution in [0.25, 0.3) is 0 Å². The summed E-state index contributed by atoms with van der Waals surface area (Å²) in [6.07, 6.45) is 0.913. The Kier molecular flexibility index (Phi) is 3.50. The summed E-state index contributed by atoms with van der Waals surface area (Å²) >= 11 is 0. The number of rotatable bonds is 3. The molecule has 0 saturated carbocycles. The summed E-state index contributed by atoms with van der Waals surface area (Å²) in [5.74, 6) is 2.46. The zero-order valence-corrected chi connectivity index (χ0v) is 11.7. The first kappa shape index (κ1) is 12.8. The SMILES string of the molecule is Cc1noc(C)c1CNc1ccc2c(c1)OCCCO2. The lowest BCUT2D eigenvalue weighted by molar-refractivity contribution is 0.297. The third-order valence-corrected chi connectivity index (χ3v) is 3.40. The highest BCUT2D eigenvalue weighted by atomic mass is 16.5. The second-order valence-electron chi connectivity index (χ2n) is 4.87. The Hall–Kier alpha value is -2.17. The number of benzene rings is 1. The van der Waals surface area contributed by atoms with Crippen LogP contribution in [0.4, 0.5) is 5.69 Å². The summed E-state index contributed by atoms with van der Waals surface area (Å²) in [4.78, 5) is 0. The van der Waals surface area contributed by atoms with Gasteiger partial charge in [-0.15, -0.1) is 0 Å². The maximum atomic E-state index is 5.68. The first-order valence-corrected chi connectivity index (χ1v) is 6.79. The van der Waals surface area contributed by atoms with Crippen molar-refractivity contribution < 1.29 is 14.0 Å². The number of aromatic nitrogens is 1. The molecule has 0 saturated heterocycles. The molecule has 0 radical (unpaired) electrons. The molecule has 0 bridgehead atoms. The van der Waals surface area contributed by atoms with Crippen molar-refractivity contribution in [2.45, 2.75) is 26.8 Å². The Morgan fingerprint density at radius 2 is 1.95 bits per heavy atom. The number of hydrogen-bond acceptors (Lipinski definition) is 5. The van der Waals surface area contributed by atoms with Gasteiger partial charge >= 0.3 is 0 Å². The predicted molar refractivity (Wildman–Crippen MR) is 75.4 cm³/mol. The fraction of sp³-hybridized carbons (Fsp3) is 0.400. The molecule has 0 atom stereocenters. The molecule has 5 nitrogen and oxygen atoms in total. The smallest absolute Gasteiger partial charge is 0.163 e. The third-order valence-electron chi connectivity index (χ3n) is 3.40. The summed E-state index contributed by atoms with van der Waals surface area (Å²) in [5, 5.41) is 7.32. The van der Waals surface area contributed by atoms with E-state index in [1.165, 1.54) is 0 Å². The summed E-state index contributed by atoms with van der Waals surface area (Å²) < 4.78 is 16.4. The summed E-state index contributed by atoms with van der Waals surface area (Å²) in [6.45, 7) is 5.95. The van der Waals surface area contributed by atoms with E-state index in [9.17, 15) is 0 Å². The number of fused-ring (bicyclic) bond motifs is 1. The van der Waals surface area contributed by atoms with Gasteiger partial charge in [0, 0.05) is 30.3 Å². The predicted octanol–water partition coefficient (Wildman–Crippen LogP) is 3.06. The first-order valence-electron chi connectivity index (χ1n) is 6.79. The molecule has 0 fully saturated rings. The lowest BCUT2D eigenvalue weighted by Gasteiger charge is -2.11. The molecule has 1 aromatic carbocycles. The minimum atomic E-state index is 0.681. The Morgan fingerprint density at radius 3 is 2.70 bits per heavy atom. The minimum Gasteiger partial charge on any atom is -0.490 e. The van der Waals surface area contributed by atoms with Crippen LogP contribution in [-0.4, -0.2) is 18.4 Å². The van der Waals surface area contributed by atoms with Gasteiger partial charge in [0.2, 0.25) is 0 Å². The van der Waals surface area contributed by atoms with Gasteiger partial charge in [0.1, 0.15) is 5.76 Å². The van der Waals surface area contributed by atoms with Crippen molar-refractivity contribution in [3.8, 4) is 11.5 Å². The van der Waals surface area contributed by atoms with E-state index < -0.39 is 0 Å². The number of nitrogens with zero attached hydrogens (tertiary/aromatic N) is 1. The zero-order chi connectivity index (χ0) is 13.9. The van der Waals surface area contributed by atoms with E-state index in [1.807, 2.05) is 32.0 Å². The topological polar surface area (TPSA) is 56.5 Å². The van der Waals surface area contributed by atoms with Gasteiger partial charge in [0.25, 0.3) is 0 Å². The average Bonchev–Trinajstić information content (AvgIpc) is 2.67. The van der Waals surface area contributed by atoms with Crippen LogP contribution in [0.1, 0.15) is 23.4 Å². The summed E-state index contributed by atoms with van der Waals surface area (Å²) in [5.41, 5.74) is 3.01. The number of anilines is 1. The van der Waals surface area contributed by atoms with Crippen molar-refractivity contribution in [3.63, 3.8) is 0 Å². The normalized spacial score (nSPS) is 13.9. The van der Waals surface area contributed by atoms with E-state index in [2.05, 4.69) is 10.5 Å². The van der Waals surface area contributed by atoms with Gasteiger partial charge in [0.05, 0.1) is 18.9 Å². The van der Waals surface area contributed by atoms with Crippen LogP contribution in [0, 0.1) is 13.8 Å². The van der Waals surface area contributed by atoms with Gasteiger partial charge in [-0.3, -0.25) is 0 Å². The second-order valence-corrected chi connectivity index (χ2v) is 4.87. The van der Waals surface area contributed by atoms with E-state index in [-0.39, 0.29) is 0 Å². The van der Waals surface area contributed by atoms with Crippen molar-refractivity contribution in [1.29, 1.82) is 0 Å². The molecule has 106 valence electrons. The highest BCUT2D eigenvalue weighted by molar-refractivity contribution is 5.55. The van der Waals surface area contributed by atoms with E-state index >= 15 is 0 Å². The molecule has 5 heteroatoms. The Morgan fingerprint density at radius 1 is 1.15 bits per heavy atom. The molecule has 20 heavy (non-hydrogen) atoms. The van der Waals surface area contributed by atoms with Crippen LogP contribution in [0.5, 0.6) is 11.5 Å². The molecule has 1 aliphatic rings. The van der Waals surface area contributed by atoms with E-state index in [4.69, 9.17) is 14.0 Å². The van der Waals surface area contributed by atoms with Gasteiger partial charge in [0.15, 0.2) is 11.5 Å². The number of hydrogen-bond donors (Lipinski definition) is 1. The van der Waals surface area contributed by atoms with Crippen LogP contribution < -0.4 is 14.8 Å². The molecule has 1 aliphatic heterocycles. The monoisotopic (exact) mass is 274 g/mol. The van der Waals surface area contributed by atoms with E-state index in [1.54, 1.807) is 0 Å². The van der Waals surface area contributed by atoms with Crippen molar-refractivity contribution in [1.82, 2.24) is 5.16 Å². The number of aryl methyl sites for hydroxylation is 2. The number of nitrogens with one attached hydrogen (secondary N) is 1. The first-order chi connectivity index (χ1) is 9.74. The van der Waals surface area contributed by atoms with E-state index in [0.717, 1.165) is 40.6 Å². The maximum absolute atomic E-state index is 5.68. The van der Waals surface area contributed by atoms with Crippen molar-refractivity contribution in [2.75, 3.05) is 18.5 Å². The molecule has 0 spiro atoms. The van der Waals surface area contributed by atoms with Gasteiger partial charge in [-0.05, 0) is 26.0 Å². The maximum Gasteiger partial charge on any atom is 0.163 e. The van der Waals surface area contributed by atoms with E-state index in [0.29, 0.717) is 19.8 Å². The van der Waals surface area contributed by atoms with Crippen LogP contribution in [0.3, 0.4) is 0 Å². The largest absolute Gasteiger partial charge is 0.490 e. The molecule has 0 unspecified atom stereocenters. The Balaban J connectivity index is 1.73. The molecule has 0 aliphatic carbocycles. The zero-order valence-electron chi connectivity index (χ0n) is 11.7. The van der Waals surface area contributed by atoms with Crippen LogP contribution in [0.2, 0.25) is 0 Å². The average molecular weight is 274 g/mol. The van der Waals surface area contributed by atoms with Crippen molar-refractivity contribution >= 4 is 5.69 Å². The van der Waals surface area contributed by atoms with Crippen molar-refractivity contribution in [2.24, 2.45) is 0 Å². The Bertz CT molecular complexity index is 588. The van der Waals surface area contributed by atoms with Gasteiger partial charge in [-0.1, -0.05) is 5.16 Å². The fourth-order valence-electron chi connectivity index (χ4n) is 2.22. The molecule has 0 amide bonds. The second kappa shape index (κ2) is 5.45. The minimum absolute atomic E-state index is 0.681. The lowest BCUT2D eigenvalue weighted by Crippen LogP contribution is -2.02. The van der Waals surface area contributed by atoms with Crippen LogP contribution >= 0.6 is 0 Å². The quantitative estimate of drug-likeness (QED) is 0.932. The third kappa shape index (κ3) is 2.57. The highest BCUT2D eigenvalue weighted by Crippen LogP contribution is 2.32. The molecule has 1 N–H and O–H groups in total. The Labute approximate surface area is 117 Å². The van der Waals surface area contributed by atoms with Crippen LogP contribution in [0.15, 0.2) is 22.7 Å². The summed E-state index contributed by atoms with van der Waals surface area (Å²) in [6, 6.07) is 5.90. The van der Waals surface area contributed by atoms with Crippen molar-refractivity contribution in [3.05, 3.63) is 35.2 Å². The molecular formula is C15H18N2O3. The fourth-order valence-corrected chi connectivity index (χ4v) is 2.22. The molecule has 2 aromatic rings. The van der Waals surface area contributed by atoms with Gasteiger partial charge < -0.3 is 19.3 Å². The molecule has 1 aromatic heterocycles. The van der Waals surface area contributed by atoms with Crippen LogP contribution in [-0.2, 0) is 6.54 Å². The molecule has 3 rings (SSSR count). The highest BCUT2D eigenvalue weighted by Gasteiger charge is 2.12. The standard InChI is InChI=1S/C15H18N2O3/c1-10-13(11(2)20-17-10)9-16-12-4-5-14-15(8-12)19-7-3-6-18-14/h4-5,8,16H,3,6-7,9H2,1-2H3. The van der Waals surface area contributed by atoms with Gasteiger partial charge in [-0.25, -0.2) is 0 Å². The van der Waals surface area contributed by atoms with Gasteiger partial charge in [-0.2, -0.15) is 0 Å². The molecular weight excluding hydrogens is 256 g/mol. The lowest BCUT2D eigenvalue weighted by atomic mass is 10.2. The number of ether oxygens (including phenoxy) is 2. The molecule has 2 heterocycles. The summed E-state index contributed by atoms with van der Waals surface area (Å²) in [7, 11) is 0.